The topological polar surface area (TPSA) is 108 Å². The number of unbranched alkanes of at least 4 members (excludes halogenated alkanes) is 10. The summed E-state index contributed by atoms with van der Waals surface area (Å²) in [5.41, 5.74) is 0. The van der Waals surface area contributed by atoms with E-state index in [2.05, 4.69) is 80.7 Å². The van der Waals surface area contributed by atoms with Crippen molar-refractivity contribution in [1.82, 2.24) is 0 Å². The van der Waals surface area contributed by atoms with Crippen LogP contribution in [0.5, 0.6) is 0 Å². The highest BCUT2D eigenvalue weighted by Gasteiger charge is 2.24. The van der Waals surface area contributed by atoms with Gasteiger partial charge in [-0.25, -0.2) is 4.79 Å². The van der Waals surface area contributed by atoms with Crippen molar-refractivity contribution in [2.24, 2.45) is 0 Å². The first-order valence-corrected chi connectivity index (χ1v) is 21.8. The molecule has 9 heteroatoms. The summed E-state index contributed by atoms with van der Waals surface area (Å²) in [6.07, 6.45) is 46.7. The van der Waals surface area contributed by atoms with E-state index in [1.807, 2.05) is 33.3 Å². The molecule has 0 bridgehead atoms. The predicted octanol–water partition coefficient (Wildman–Crippen LogP) is 11.3. The number of ether oxygens (including phenoxy) is 4. The number of quaternary nitrogens is 1. The summed E-state index contributed by atoms with van der Waals surface area (Å²) in [4.78, 5) is 37.0. The molecule has 9 nitrogen and oxygen atoms in total. The molecule has 0 amide bonds. The van der Waals surface area contributed by atoms with Crippen molar-refractivity contribution in [3.63, 3.8) is 0 Å². The molecule has 0 aromatic rings. The van der Waals surface area contributed by atoms with Crippen LogP contribution in [0.25, 0.3) is 0 Å². The van der Waals surface area contributed by atoms with Crippen LogP contribution >= 0.6 is 0 Å². The molecular weight excluding hydrogens is 719 g/mol. The average molecular weight is 799 g/mol. The van der Waals surface area contributed by atoms with Crippen LogP contribution in [0.4, 0.5) is 0 Å². The Bertz CT molecular complexity index is 1210. The fourth-order valence-electron chi connectivity index (χ4n) is 5.29. The number of hydrogen-bond donors (Lipinski definition) is 1. The number of esters is 2. The van der Waals surface area contributed by atoms with Gasteiger partial charge in [0.25, 0.3) is 6.29 Å². The van der Waals surface area contributed by atoms with Crippen LogP contribution in [-0.4, -0.2) is 87.4 Å². The second kappa shape index (κ2) is 39.3. The lowest BCUT2D eigenvalue weighted by atomic mass is 10.1. The Morgan fingerprint density at radius 3 is 1.58 bits per heavy atom. The maximum absolute atomic E-state index is 12.7. The molecule has 1 N–H and O–H groups in total. The van der Waals surface area contributed by atoms with Crippen molar-refractivity contribution in [2.45, 2.75) is 155 Å². The second-order valence-corrected chi connectivity index (χ2v) is 15.3. The average Bonchev–Trinajstić information content (AvgIpc) is 3.17. The predicted molar refractivity (Wildman–Crippen MR) is 235 cm³/mol. The Kier molecular flexibility index (Phi) is 36.9. The maximum Gasteiger partial charge on any atom is 0.361 e. The van der Waals surface area contributed by atoms with E-state index >= 15 is 0 Å². The van der Waals surface area contributed by atoms with Crippen molar-refractivity contribution >= 4 is 17.9 Å². The summed E-state index contributed by atoms with van der Waals surface area (Å²) in [7, 11) is 5.91. The largest absolute Gasteiger partial charge is 0.477 e. The van der Waals surface area contributed by atoms with Gasteiger partial charge < -0.3 is 28.5 Å². The van der Waals surface area contributed by atoms with Gasteiger partial charge in [-0.05, 0) is 70.6 Å². The van der Waals surface area contributed by atoms with Gasteiger partial charge in [0.2, 0.25) is 0 Å². The summed E-state index contributed by atoms with van der Waals surface area (Å²) >= 11 is 0. The van der Waals surface area contributed by atoms with E-state index in [1.54, 1.807) is 6.08 Å². The van der Waals surface area contributed by atoms with Crippen LogP contribution in [0.2, 0.25) is 0 Å². The van der Waals surface area contributed by atoms with Crippen LogP contribution in [0.3, 0.4) is 0 Å². The van der Waals surface area contributed by atoms with Crippen LogP contribution < -0.4 is 0 Å². The molecule has 0 aliphatic carbocycles. The first kappa shape index (κ1) is 53.5. The quantitative estimate of drug-likeness (QED) is 0.0216. The molecule has 0 aromatic carbocycles. The lowest BCUT2D eigenvalue weighted by Gasteiger charge is -2.25. The number of likely N-dealkylation sites (N-methyl/N-ethyl adjacent to an activating group) is 1. The van der Waals surface area contributed by atoms with E-state index in [-0.39, 0.29) is 38.6 Å². The fourth-order valence-corrected chi connectivity index (χ4v) is 5.29. The molecule has 57 heavy (non-hydrogen) atoms. The minimum atomic E-state index is -1.54. The van der Waals surface area contributed by atoms with Gasteiger partial charge in [-0.2, -0.15) is 0 Å². The highest BCUT2D eigenvalue weighted by molar-refractivity contribution is 5.72. The zero-order valence-corrected chi connectivity index (χ0v) is 36.5. The van der Waals surface area contributed by atoms with E-state index < -0.39 is 24.3 Å². The first-order valence-electron chi connectivity index (χ1n) is 21.8. The van der Waals surface area contributed by atoms with Crippen LogP contribution in [0.1, 0.15) is 142 Å². The van der Waals surface area contributed by atoms with Gasteiger partial charge in [0.15, 0.2) is 6.10 Å². The molecule has 0 saturated carbocycles. The molecule has 0 saturated heterocycles. The zero-order valence-electron chi connectivity index (χ0n) is 36.5. The van der Waals surface area contributed by atoms with Crippen molar-refractivity contribution in [2.75, 3.05) is 47.5 Å². The van der Waals surface area contributed by atoms with Crippen LogP contribution in [0, 0.1) is 0 Å². The SMILES string of the molecule is CC/C=C\C/C=C\C/C=C\C/C=C\C/C=C\CC(=O)OC(COC(=O)CCCCCCCCC/C=C\C/C=C\CCCCC)COC(OCC[N+](C)(C)C)C(=O)O. The molecule has 0 rings (SSSR count). The number of hydrogen-bond acceptors (Lipinski definition) is 7. The molecule has 0 radical (unpaired) electrons. The molecule has 2 unspecified atom stereocenters. The Morgan fingerprint density at radius 2 is 1.05 bits per heavy atom. The van der Waals surface area contributed by atoms with Gasteiger partial charge in [0.1, 0.15) is 13.2 Å². The van der Waals surface area contributed by atoms with Gasteiger partial charge in [-0.15, -0.1) is 0 Å². The third kappa shape index (κ3) is 40.5. The number of rotatable bonds is 38. The van der Waals surface area contributed by atoms with E-state index in [0.717, 1.165) is 64.2 Å². The summed E-state index contributed by atoms with van der Waals surface area (Å²) in [6.45, 7) is 4.58. The summed E-state index contributed by atoms with van der Waals surface area (Å²) in [5, 5.41) is 9.62. The Labute approximate surface area is 347 Å². The molecular formula is C48H80NO8+. The number of allylic oxidation sites excluding steroid dienone is 13. The summed E-state index contributed by atoms with van der Waals surface area (Å²) in [6, 6.07) is 0. The normalized spacial score (nSPS) is 13.8. The van der Waals surface area contributed by atoms with Gasteiger partial charge >= 0.3 is 17.9 Å². The Balaban J connectivity index is 4.61. The highest BCUT2D eigenvalue weighted by atomic mass is 16.7. The fraction of sp³-hybridized carbons (Fsp3) is 0.646. The molecule has 0 aliphatic rings. The van der Waals surface area contributed by atoms with Crippen LogP contribution in [0.15, 0.2) is 85.1 Å². The summed E-state index contributed by atoms with van der Waals surface area (Å²) < 4.78 is 22.5. The van der Waals surface area contributed by atoms with Crippen molar-refractivity contribution in [1.29, 1.82) is 0 Å². The van der Waals surface area contributed by atoms with E-state index in [9.17, 15) is 19.5 Å². The molecule has 0 aliphatic heterocycles. The highest BCUT2D eigenvalue weighted by Crippen LogP contribution is 2.12. The summed E-state index contributed by atoms with van der Waals surface area (Å²) in [5.74, 6) is -2.20. The lowest BCUT2D eigenvalue weighted by molar-refractivity contribution is -0.870. The molecule has 2 atom stereocenters. The number of carbonyl (C=O) groups is 3. The van der Waals surface area contributed by atoms with Crippen molar-refractivity contribution in [3.05, 3.63) is 85.1 Å². The van der Waals surface area contributed by atoms with Gasteiger partial charge in [-0.1, -0.05) is 144 Å². The molecule has 0 spiro atoms. The van der Waals surface area contributed by atoms with Gasteiger partial charge in [0, 0.05) is 6.42 Å². The third-order valence-corrected chi connectivity index (χ3v) is 8.67. The van der Waals surface area contributed by atoms with Gasteiger partial charge in [0.05, 0.1) is 40.8 Å². The molecule has 324 valence electrons. The van der Waals surface area contributed by atoms with E-state index in [0.29, 0.717) is 17.4 Å². The smallest absolute Gasteiger partial charge is 0.361 e. The number of carboxylic acids is 1. The molecule has 0 fully saturated rings. The first-order chi connectivity index (χ1) is 27.6. The number of carbonyl (C=O) groups excluding carboxylic acids is 2. The van der Waals surface area contributed by atoms with E-state index in [1.165, 1.54) is 44.9 Å². The minimum absolute atomic E-state index is 0.0217. The Morgan fingerprint density at radius 1 is 0.561 bits per heavy atom. The monoisotopic (exact) mass is 799 g/mol. The zero-order chi connectivity index (χ0) is 42.1. The number of carboxylic acid groups (broad SMARTS) is 1. The maximum atomic E-state index is 12.7. The van der Waals surface area contributed by atoms with Crippen LogP contribution in [-0.2, 0) is 33.3 Å². The molecule has 0 heterocycles. The third-order valence-electron chi connectivity index (χ3n) is 8.67. The van der Waals surface area contributed by atoms with Crippen molar-refractivity contribution in [3.8, 4) is 0 Å². The lowest BCUT2D eigenvalue weighted by Crippen LogP contribution is -2.40. The minimum Gasteiger partial charge on any atom is -0.477 e. The van der Waals surface area contributed by atoms with E-state index in [4.69, 9.17) is 18.9 Å². The number of nitrogens with zero attached hydrogens (tertiary/aromatic N) is 1. The second-order valence-electron chi connectivity index (χ2n) is 15.3. The van der Waals surface area contributed by atoms with Crippen molar-refractivity contribution < 1.29 is 42.9 Å². The molecule has 0 aromatic heterocycles. The standard InChI is InChI=1S/C48H79NO8/c1-6-8-10-12-14-16-18-20-22-23-25-26-28-30-32-34-36-38-45(50)55-42-44(43-56-48(47(52)53)54-41-40-49(3,4)5)57-46(51)39-37-35-33-31-29-27-24-21-19-17-15-13-11-9-7-2/h9,11,14-17,20-22,24,29,31,35,37,44,48H,6-8,10,12-13,18-19,23,25-28,30,32-34,36,38-43H2,1-5H3/p+1/b11-9-,16-14-,17-15-,22-20-,24-21-,31-29-,37-35-. The Hall–Kier alpha value is -3.53. The number of aliphatic carboxylic acids is 1. The van der Waals surface area contributed by atoms with Gasteiger partial charge in [-0.3, -0.25) is 9.59 Å².